The Morgan fingerprint density at radius 1 is 1.77 bits per heavy atom. The molecule has 0 saturated carbocycles. The molecular formula is C8H16N4O. The van der Waals surface area contributed by atoms with Gasteiger partial charge in [0.15, 0.2) is 0 Å². The molecule has 0 spiro atoms. The summed E-state index contributed by atoms with van der Waals surface area (Å²) in [5.74, 6) is 0. The summed E-state index contributed by atoms with van der Waals surface area (Å²) >= 11 is 0. The molecule has 0 saturated heterocycles. The van der Waals surface area contributed by atoms with Crippen LogP contribution in [-0.4, -0.2) is 35.5 Å². The van der Waals surface area contributed by atoms with Crippen LogP contribution in [0.2, 0.25) is 0 Å². The summed E-state index contributed by atoms with van der Waals surface area (Å²) in [6.07, 6.45) is 3.74. The van der Waals surface area contributed by atoms with E-state index in [1.165, 1.54) is 0 Å². The lowest BCUT2D eigenvalue weighted by molar-refractivity contribution is -0.140. The number of aromatic nitrogens is 2. The van der Waals surface area contributed by atoms with Crippen LogP contribution in [0.3, 0.4) is 0 Å². The van der Waals surface area contributed by atoms with Gasteiger partial charge in [-0.2, -0.15) is 10.2 Å². The first-order valence-electron chi connectivity index (χ1n) is 4.14. The van der Waals surface area contributed by atoms with E-state index in [9.17, 15) is 0 Å². The third-order valence-electron chi connectivity index (χ3n) is 2.06. The van der Waals surface area contributed by atoms with Crippen LogP contribution in [0.5, 0.6) is 0 Å². The molecule has 0 amide bonds. The van der Waals surface area contributed by atoms with Gasteiger partial charge < -0.3 is 10.6 Å². The number of hydroxylamine groups is 2. The smallest absolute Gasteiger partial charge is 0.0751 e. The van der Waals surface area contributed by atoms with Crippen molar-refractivity contribution in [2.75, 3.05) is 20.7 Å². The van der Waals surface area contributed by atoms with Crippen molar-refractivity contribution in [1.29, 1.82) is 0 Å². The first-order valence-corrected chi connectivity index (χ1v) is 4.14. The maximum Gasteiger partial charge on any atom is 0.0751 e. The van der Waals surface area contributed by atoms with Crippen LogP contribution in [0.1, 0.15) is 11.6 Å². The molecule has 1 rings (SSSR count). The topological polar surface area (TPSA) is 56.3 Å². The minimum atomic E-state index is 0.0682. The highest BCUT2D eigenvalue weighted by Gasteiger charge is 2.16. The van der Waals surface area contributed by atoms with Gasteiger partial charge in [-0.15, -0.1) is 0 Å². The first kappa shape index (κ1) is 10.2. The maximum absolute atomic E-state index is 5.63. The van der Waals surface area contributed by atoms with E-state index in [2.05, 4.69) is 5.10 Å². The van der Waals surface area contributed by atoms with Crippen molar-refractivity contribution < 1.29 is 4.84 Å². The Morgan fingerprint density at radius 3 is 2.85 bits per heavy atom. The fourth-order valence-corrected chi connectivity index (χ4v) is 1.23. The van der Waals surface area contributed by atoms with Crippen molar-refractivity contribution in [2.24, 2.45) is 12.8 Å². The molecule has 1 heterocycles. The Morgan fingerprint density at radius 2 is 2.46 bits per heavy atom. The molecule has 0 radical (unpaired) electrons. The highest BCUT2D eigenvalue weighted by Crippen LogP contribution is 2.16. The molecule has 1 aromatic rings. The number of nitrogens with zero attached hydrogens (tertiary/aromatic N) is 3. The third-order valence-corrected chi connectivity index (χ3v) is 2.06. The highest BCUT2D eigenvalue weighted by molar-refractivity contribution is 5.10. The fraction of sp³-hybridized carbons (Fsp3) is 0.625. The summed E-state index contributed by atoms with van der Waals surface area (Å²) in [4.78, 5) is 5.08. The monoisotopic (exact) mass is 184 g/mol. The van der Waals surface area contributed by atoms with Crippen molar-refractivity contribution >= 4 is 0 Å². The Kier molecular flexibility index (Phi) is 3.41. The summed E-state index contributed by atoms with van der Waals surface area (Å²) in [6.45, 7) is 0.510. The molecule has 2 N–H and O–H groups in total. The number of likely N-dealkylation sites (N-methyl/N-ethyl adjacent to an activating group) is 1. The lowest BCUT2D eigenvalue weighted by Gasteiger charge is -2.23. The lowest BCUT2D eigenvalue weighted by atomic mass is 10.1. The SMILES string of the molecule is CON(C)C(CN)c1cnn(C)c1. The second kappa shape index (κ2) is 4.36. The molecule has 1 aromatic heterocycles. The molecule has 0 bridgehead atoms. The average Bonchev–Trinajstić information content (AvgIpc) is 2.53. The number of rotatable bonds is 4. The zero-order valence-corrected chi connectivity index (χ0v) is 8.27. The van der Waals surface area contributed by atoms with E-state index < -0.39 is 0 Å². The van der Waals surface area contributed by atoms with E-state index in [-0.39, 0.29) is 6.04 Å². The highest BCUT2D eigenvalue weighted by atomic mass is 16.7. The van der Waals surface area contributed by atoms with Gasteiger partial charge in [0.05, 0.1) is 19.3 Å². The minimum Gasteiger partial charge on any atom is -0.329 e. The molecule has 0 aliphatic carbocycles. The fourth-order valence-electron chi connectivity index (χ4n) is 1.23. The predicted octanol–water partition coefficient (Wildman–Crippen LogP) is -0.0869. The molecule has 1 unspecified atom stereocenters. The minimum absolute atomic E-state index is 0.0682. The lowest BCUT2D eigenvalue weighted by Crippen LogP contribution is -2.29. The van der Waals surface area contributed by atoms with Gasteiger partial charge in [-0.25, -0.2) is 0 Å². The Balaban J connectivity index is 2.77. The molecular weight excluding hydrogens is 168 g/mol. The quantitative estimate of drug-likeness (QED) is 0.665. The van der Waals surface area contributed by atoms with Crippen molar-refractivity contribution in [2.45, 2.75) is 6.04 Å². The van der Waals surface area contributed by atoms with E-state index in [4.69, 9.17) is 10.6 Å². The molecule has 74 valence electrons. The van der Waals surface area contributed by atoms with Crippen LogP contribution in [0.4, 0.5) is 0 Å². The van der Waals surface area contributed by atoms with Crippen LogP contribution in [-0.2, 0) is 11.9 Å². The summed E-state index contributed by atoms with van der Waals surface area (Å²) in [6, 6.07) is 0.0682. The first-order chi connectivity index (χ1) is 6.19. The van der Waals surface area contributed by atoms with Gasteiger partial charge in [0, 0.05) is 32.4 Å². The van der Waals surface area contributed by atoms with Crippen LogP contribution < -0.4 is 5.73 Å². The zero-order chi connectivity index (χ0) is 9.84. The van der Waals surface area contributed by atoms with Crippen molar-refractivity contribution in [3.8, 4) is 0 Å². The van der Waals surface area contributed by atoms with Crippen molar-refractivity contribution in [1.82, 2.24) is 14.8 Å². The molecule has 13 heavy (non-hydrogen) atoms. The Labute approximate surface area is 78.0 Å². The van der Waals surface area contributed by atoms with E-state index >= 15 is 0 Å². The summed E-state index contributed by atoms with van der Waals surface area (Å²) in [5.41, 5.74) is 6.70. The summed E-state index contributed by atoms with van der Waals surface area (Å²) in [7, 11) is 5.35. The summed E-state index contributed by atoms with van der Waals surface area (Å²) < 4.78 is 1.75. The van der Waals surface area contributed by atoms with Gasteiger partial charge in [-0.05, 0) is 0 Å². The number of hydrogen-bond acceptors (Lipinski definition) is 4. The molecule has 0 aliphatic heterocycles. The van der Waals surface area contributed by atoms with Crippen LogP contribution in [0.25, 0.3) is 0 Å². The molecule has 0 aliphatic rings. The van der Waals surface area contributed by atoms with Crippen molar-refractivity contribution in [3.05, 3.63) is 18.0 Å². The van der Waals surface area contributed by atoms with Gasteiger partial charge in [-0.1, -0.05) is 0 Å². The third kappa shape index (κ3) is 2.27. The molecule has 1 atom stereocenters. The van der Waals surface area contributed by atoms with Gasteiger partial charge in [0.2, 0.25) is 0 Å². The molecule has 0 fully saturated rings. The zero-order valence-electron chi connectivity index (χ0n) is 8.27. The second-order valence-electron chi connectivity index (χ2n) is 2.93. The Hall–Kier alpha value is -0.910. The number of aryl methyl sites for hydroxylation is 1. The van der Waals surface area contributed by atoms with Gasteiger partial charge in [0.1, 0.15) is 0 Å². The molecule has 5 nitrogen and oxygen atoms in total. The van der Waals surface area contributed by atoms with Gasteiger partial charge in [-0.3, -0.25) is 4.68 Å². The van der Waals surface area contributed by atoms with E-state index in [1.807, 2.05) is 20.3 Å². The molecule has 5 heteroatoms. The van der Waals surface area contributed by atoms with Crippen LogP contribution in [0.15, 0.2) is 12.4 Å². The predicted molar refractivity (Wildman–Crippen MR) is 49.8 cm³/mol. The second-order valence-corrected chi connectivity index (χ2v) is 2.93. The van der Waals surface area contributed by atoms with Gasteiger partial charge >= 0.3 is 0 Å². The van der Waals surface area contributed by atoms with E-state index in [1.54, 1.807) is 23.1 Å². The maximum atomic E-state index is 5.63. The van der Waals surface area contributed by atoms with Gasteiger partial charge in [0.25, 0.3) is 0 Å². The normalized spacial score (nSPS) is 13.6. The van der Waals surface area contributed by atoms with Crippen LogP contribution in [0, 0.1) is 0 Å². The van der Waals surface area contributed by atoms with E-state index in [0.717, 1.165) is 5.56 Å². The standard InChI is InChI=1S/C8H16N4O/c1-11-6-7(5-10-11)8(4-9)12(2)13-3/h5-6,8H,4,9H2,1-3H3. The van der Waals surface area contributed by atoms with E-state index in [0.29, 0.717) is 6.54 Å². The summed E-state index contributed by atoms with van der Waals surface area (Å²) in [5, 5.41) is 5.80. The van der Waals surface area contributed by atoms with Crippen LogP contribution >= 0.6 is 0 Å². The molecule has 0 aromatic carbocycles. The largest absolute Gasteiger partial charge is 0.329 e. The average molecular weight is 184 g/mol. The Bertz CT molecular complexity index is 260. The van der Waals surface area contributed by atoms with Crippen molar-refractivity contribution in [3.63, 3.8) is 0 Å². The number of hydrogen-bond donors (Lipinski definition) is 1. The number of nitrogens with two attached hydrogens (primary N) is 1.